The molecule has 3 aliphatic rings. The van der Waals surface area contributed by atoms with Crippen molar-refractivity contribution in [1.29, 1.82) is 0 Å². The van der Waals surface area contributed by atoms with Gasteiger partial charge in [0.2, 0.25) is 0 Å². The van der Waals surface area contributed by atoms with E-state index < -0.39 is 0 Å². The summed E-state index contributed by atoms with van der Waals surface area (Å²) in [6.07, 6.45) is -0.265. The van der Waals surface area contributed by atoms with E-state index in [0.29, 0.717) is 6.54 Å². The monoisotopic (exact) mass is 252 g/mol. The minimum Gasteiger partial charge on any atom is -0.303 e. The van der Waals surface area contributed by atoms with E-state index >= 15 is 0 Å². The van der Waals surface area contributed by atoms with Crippen molar-refractivity contribution in [2.24, 2.45) is 0 Å². The maximum absolute atomic E-state index is 12.5. The molecular formula is C12H20N4O2. The van der Waals surface area contributed by atoms with Crippen LogP contribution in [-0.2, 0) is 0 Å². The minimum absolute atomic E-state index is 0.0269. The molecule has 100 valence electrons. The van der Waals surface area contributed by atoms with Crippen LogP contribution in [0.1, 0.15) is 27.7 Å². The average Bonchev–Trinajstić information content (AvgIpc) is 2.79. The van der Waals surface area contributed by atoms with Crippen LogP contribution in [0.25, 0.3) is 0 Å². The van der Waals surface area contributed by atoms with Gasteiger partial charge in [0, 0.05) is 13.6 Å². The lowest BCUT2D eigenvalue weighted by atomic mass is 9.96. The molecule has 3 fully saturated rings. The van der Waals surface area contributed by atoms with Gasteiger partial charge in [-0.25, -0.2) is 9.59 Å². The number of hydrogen-bond acceptors (Lipinski definition) is 2. The summed E-state index contributed by atoms with van der Waals surface area (Å²) in [7, 11) is 1.78. The molecule has 0 aromatic rings. The molecule has 0 radical (unpaired) electrons. The number of hydrogen-bond donors (Lipinski definition) is 0. The molecule has 0 aliphatic carbocycles. The quantitative estimate of drug-likeness (QED) is 0.697. The van der Waals surface area contributed by atoms with E-state index in [9.17, 15) is 9.59 Å². The molecule has 0 aromatic heterocycles. The second-order valence-electron chi connectivity index (χ2n) is 5.90. The molecule has 3 aliphatic heterocycles. The number of rotatable bonds is 1. The van der Waals surface area contributed by atoms with Crippen molar-refractivity contribution in [3.63, 3.8) is 0 Å². The summed E-state index contributed by atoms with van der Waals surface area (Å²) in [5, 5.41) is 0. The Balaban J connectivity index is 2.13. The first-order chi connectivity index (χ1) is 8.34. The number of amides is 4. The lowest BCUT2D eigenvalue weighted by Gasteiger charge is -2.32. The van der Waals surface area contributed by atoms with E-state index in [-0.39, 0.29) is 36.0 Å². The third-order valence-electron chi connectivity index (χ3n) is 4.91. The van der Waals surface area contributed by atoms with Gasteiger partial charge in [-0.15, -0.1) is 0 Å². The van der Waals surface area contributed by atoms with Crippen LogP contribution >= 0.6 is 0 Å². The van der Waals surface area contributed by atoms with Crippen molar-refractivity contribution in [3.8, 4) is 0 Å². The van der Waals surface area contributed by atoms with E-state index in [2.05, 4.69) is 0 Å². The fraction of sp³-hybridized carbons (Fsp3) is 0.833. The van der Waals surface area contributed by atoms with E-state index in [1.54, 1.807) is 16.8 Å². The highest BCUT2D eigenvalue weighted by Gasteiger charge is 2.68. The molecule has 6 heteroatoms. The normalized spacial score (nSPS) is 37.1. The molecule has 3 heterocycles. The first-order valence-electron chi connectivity index (χ1n) is 6.49. The van der Waals surface area contributed by atoms with Crippen LogP contribution in [0.15, 0.2) is 0 Å². The summed E-state index contributed by atoms with van der Waals surface area (Å²) in [6, 6.07) is 0.121. The van der Waals surface area contributed by atoms with Crippen LogP contribution in [-0.4, -0.2) is 69.2 Å². The lowest BCUT2D eigenvalue weighted by Crippen LogP contribution is -2.49. The number of carbonyl (C=O) groups excluding carboxylic acids is 2. The highest BCUT2D eigenvalue weighted by Crippen LogP contribution is 2.47. The highest BCUT2D eigenvalue weighted by atomic mass is 16.2. The minimum atomic E-state index is -0.305. The lowest BCUT2D eigenvalue weighted by molar-refractivity contribution is 0.147. The predicted molar refractivity (Wildman–Crippen MR) is 65.7 cm³/mol. The Hall–Kier alpha value is -1.46. The van der Waals surface area contributed by atoms with Gasteiger partial charge in [-0.05, 0) is 27.7 Å². The van der Waals surface area contributed by atoms with Gasteiger partial charge in [-0.2, -0.15) is 0 Å². The maximum atomic E-state index is 12.5. The predicted octanol–water partition coefficient (Wildman–Crippen LogP) is 0.944. The standard InChI is InChI=1S/C12H20N4O2/c1-6-14-8-9-15(10(17)13(8)5)7(2)12(3,4)16(9)11(14)18/h7-9H,6H2,1-5H3/t7-,8?,9?/m0/s1. The van der Waals surface area contributed by atoms with Gasteiger partial charge in [0.05, 0.1) is 11.6 Å². The van der Waals surface area contributed by atoms with Crippen LogP contribution in [0.2, 0.25) is 0 Å². The van der Waals surface area contributed by atoms with Gasteiger partial charge in [0.25, 0.3) is 0 Å². The summed E-state index contributed by atoms with van der Waals surface area (Å²) in [5.74, 6) is 0. The molecule has 0 N–H and O–H groups in total. The summed E-state index contributed by atoms with van der Waals surface area (Å²) in [5.41, 5.74) is -0.305. The van der Waals surface area contributed by atoms with Gasteiger partial charge >= 0.3 is 12.1 Å². The molecule has 0 saturated carbocycles. The Labute approximate surface area is 107 Å². The van der Waals surface area contributed by atoms with E-state index in [0.717, 1.165) is 0 Å². The fourth-order valence-electron chi connectivity index (χ4n) is 3.59. The Morgan fingerprint density at radius 1 is 1.17 bits per heavy atom. The van der Waals surface area contributed by atoms with Gasteiger partial charge < -0.3 is 9.80 Å². The SMILES string of the molecule is CCN1C(=O)N2C3C1N(C)C(=O)N3[C@@H](C)C2(C)C. The maximum Gasteiger partial charge on any atom is 0.324 e. The molecule has 3 rings (SSSR count). The van der Waals surface area contributed by atoms with Crippen LogP contribution in [0.4, 0.5) is 9.59 Å². The van der Waals surface area contributed by atoms with Crippen molar-refractivity contribution < 1.29 is 9.59 Å². The summed E-state index contributed by atoms with van der Waals surface area (Å²) < 4.78 is 0. The fourth-order valence-corrected chi connectivity index (χ4v) is 3.59. The summed E-state index contributed by atoms with van der Waals surface area (Å²) in [6.45, 7) is 8.69. The van der Waals surface area contributed by atoms with Gasteiger partial charge in [-0.3, -0.25) is 9.80 Å². The smallest absolute Gasteiger partial charge is 0.303 e. The number of carbonyl (C=O) groups is 2. The first-order valence-corrected chi connectivity index (χ1v) is 6.49. The van der Waals surface area contributed by atoms with Crippen LogP contribution < -0.4 is 0 Å². The van der Waals surface area contributed by atoms with Crippen LogP contribution in [0.5, 0.6) is 0 Å². The number of nitrogens with zero attached hydrogens (tertiary/aromatic N) is 4. The third kappa shape index (κ3) is 0.966. The second-order valence-corrected chi connectivity index (χ2v) is 5.90. The van der Waals surface area contributed by atoms with Gasteiger partial charge in [0.15, 0.2) is 6.17 Å². The molecule has 3 atom stereocenters. The van der Waals surface area contributed by atoms with Crippen LogP contribution in [0.3, 0.4) is 0 Å². The molecule has 18 heavy (non-hydrogen) atoms. The molecular weight excluding hydrogens is 232 g/mol. The van der Waals surface area contributed by atoms with Crippen molar-refractivity contribution in [1.82, 2.24) is 19.6 Å². The Morgan fingerprint density at radius 2 is 1.78 bits per heavy atom. The molecule has 3 saturated heterocycles. The number of urea groups is 2. The largest absolute Gasteiger partial charge is 0.324 e. The summed E-state index contributed by atoms with van der Waals surface area (Å²) in [4.78, 5) is 32.1. The highest BCUT2D eigenvalue weighted by molar-refractivity contribution is 5.87. The Morgan fingerprint density at radius 3 is 2.33 bits per heavy atom. The topological polar surface area (TPSA) is 47.1 Å². The van der Waals surface area contributed by atoms with E-state index in [1.807, 2.05) is 37.5 Å². The zero-order valence-corrected chi connectivity index (χ0v) is 11.5. The van der Waals surface area contributed by atoms with Crippen LogP contribution in [0, 0.1) is 0 Å². The Kier molecular flexibility index (Phi) is 2.00. The molecule has 0 aromatic carbocycles. The average molecular weight is 252 g/mol. The first kappa shape index (κ1) is 11.6. The molecule has 6 nitrogen and oxygen atoms in total. The molecule has 4 amide bonds. The molecule has 0 bridgehead atoms. The molecule has 2 unspecified atom stereocenters. The van der Waals surface area contributed by atoms with E-state index in [1.165, 1.54) is 0 Å². The zero-order chi connectivity index (χ0) is 13.4. The second kappa shape index (κ2) is 3.10. The third-order valence-corrected chi connectivity index (χ3v) is 4.91. The van der Waals surface area contributed by atoms with Gasteiger partial charge in [-0.1, -0.05) is 0 Å². The Bertz CT molecular complexity index is 436. The van der Waals surface area contributed by atoms with Crippen molar-refractivity contribution in [3.05, 3.63) is 0 Å². The number of likely N-dealkylation sites (N-methyl/N-ethyl adjacent to an activating group) is 2. The van der Waals surface area contributed by atoms with Crippen molar-refractivity contribution in [2.45, 2.75) is 51.6 Å². The van der Waals surface area contributed by atoms with Crippen molar-refractivity contribution >= 4 is 12.1 Å². The van der Waals surface area contributed by atoms with Crippen molar-refractivity contribution in [2.75, 3.05) is 13.6 Å². The van der Waals surface area contributed by atoms with Gasteiger partial charge in [0.1, 0.15) is 6.17 Å². The van der Waals surface area contributed by atoms with E-state index in [4.69, 9.17) is 0 Å². The molecule has 0 spiro atoms. The zero-order valence-electron chi connectivity index (χ0n) is 11.5. The summed E-state index contributed by atoms with van der Waals surface area (Å²) >= 11 is 0.